The lowest BCUT2D eigenvalue weighted by molar-refractivity contribution is -0.131. The van der Waals surface area contributed by atoms with Crippen molar-refractivity contribution in [2.45, 2.75) is 0 Å². The summed E-state index contributed by atoms with van der Waals surface area (Å²) in [6, 6.07) is 0. The molecule has 3 nitrogen and oxygen atoms in total. The molecule has 0 bridgehead atoms. The van der Waals surface area contributed by atoms with Gasteiger partial charge in [0.1, 0.15) is 0 Å². The molecule has 0 radical (unpaired) electrons. The Morgan fingerprint density at radius 1 is 1.36 bits per heavy atom. The Balaban J connectivity index is 4.27. The number of carbonyl (C=O) groups is 2. The van der Waals surface area contributed by atoms with E-state index >= 15 is 0 Å². The summed E-state index contributed by atoms with van der Waals surface area (Å²) in [5.74, 6) is -0.460. The topological polar surface area (TPSA) is 37.4 Å². The van der Waals surface area contributed by atoms with Gasteiger partial charge in [-0.2, -0.15) is 0 Å². The summed E-state index contributed by atoms with van der Waals surface area (Å²) in [5, 5.41) is 0. The lowest BCUT2D eigenvalue weighted by Crippen LogP contribution is -2.21. The zero-order valence-corrected chi connectivity index (χ0v) is 6.06. The second-order valence-corrected chi connectivity index (χ2v) is 1.63. The SMILES string of the molecule is C=C/C=C\N(C=O)C(=O)C=C. The zero-order chi connectivity index (χ0) is 8.69. The van der Waals surface area contributed by atoms with Crippen LogP contribution >= 0.6 is 0 Å². The molecule has 0 saturated heterocycles. The Hall–Kier alpha value is -1.64. The van der Waals surface area contributed by atoms with Gasteiger partial charge in [-0.15, -0.1) is 0 Å². The van der Waals surface area contributed by atoms with Crippen LogP contribution in [0.1, 0.15) is 0 Å². The van der Waals surface area contributed by atoms with Crippen LogP contribution in [0, 0.1) is 0 Å². The minimum Gasteiger partial charge on any atom is -0.278 e. The molecule has 0 saturated carbocycles. The van der Waals surface area contributed by atoms with E-state index in [1.165, 1.54) is 18.4 Å². The van der Waals surface area contributed by atoms with Crippen LogP contribution in [0.2, 0.25) is 0 Å². The number of carbonyl (C=O) groups excluding carboxylic acids is 2. The molecule has 0 N–H and O–H groups in total. The smallest absolute Gasteiger partial charge is 0.256 e. The molecule has 3 heteroatoms. The molecule has 2 amide bonds. The largest absolute Gasteiger partial charge is 0.278 e. The number of rotatable bonds is 4. The fraction of sp³-hybridized carbons (Fsp3) is 0. The summed E-state index contributed by atoms with van der Waals surface area (Å²) in [6.45, 7) is 6.61. The van der Waals surface area contributed by atoms with E-state index in [-0.39, 0.29) is 0 Å². The van der Waals surface area contributed by atoms with E-state index in [4.69, 9.17) is 0 Å². The first kappa shape index (κ1) is 9.36. The Labute approximate surface area is 65.3 Å². The van der Waals surface area contributed by atoms with Crippen LogP contribution in [0.4, 0.5) is 0 Å². The van der Waals surface area contributed by atoms with Gasteiger partial charge in [-0.3, -0.25) is 14.5 Å². The molecule has 0 aliphatic rings. The fourth-order valence-corrected chi connectivity index (χ4v) is 0.420. The molecule has 0 atom stereocenters. The third kappa shape index (κ3) is 3.15. The van der Waals surface area contributed by atoms with Crippen LogP contribution in [0.25, 0.3) is 0 Å². The monoisotopic (exact) mass is 151 g/mol. The summed E-state index contributed by atoms with van der Waals surface area (Å²) in [5.41, 5.74) is 0. The van der Waals surface area contributed by atoms with E-state index in [2.05, 4.69) is 13.2 Å². The normalized spacial score (nSPS) is 9.09. The van der Waals surface area contributed by atoms with Crippen molar-refractivity contribution in [3.8, 4) is 0 Å². The van der Waals surface area contributed by atoms with E-state index in [9.17, 15) is 9.59 Å². The van der Waals surface area contributed by atoms with Gasteiger partial charge in [-0.1, -0.05) is 19.2 Å². The van der Waals surface area contributed by atoms with Gasteiger partial charge in [0.15, 0.2) is 0 Å². The number of nitrogens with zero attached hydrogens (tertiary/aromatic N) is 1. The maximum absolute atomic E-state index is 10.7. The van der Waals surface area contributed by atoms with E-state index in [0.717, 1.165) is 11.0 Å². The summed E-state index contributed by atoms with van der Waals surface area (Å²) < 4.78 is 0. The molecule has 58 valence electrons. The van der Waals surface area contributed by atoms with Crippen molar-refractivity contribution in [2.75, 3.05) is 0 Å². The van der Waals surface area contributed by atoms with Gasteiger partial charge >= 0.3 is 0 Å². The third-order valence-corrected chi connectivity index (χ3v) is 0.925. The fourth-order valence-electron chi connectivity index (χ4n) is 0.420. The minimum absolute atomic E-state index is 0.407. The molecular weight excluding hydrogens is 142 g/mol. The van der Waals surface area contributed by atoms with Crippen LogP contribution in [0.15, 0.2) is 37.6 Å². The first-order valence-corrected chi connectivity index (χ1v) is 2.95. The molecule has 0 spiro atoms. The number of amides is 2. The predicted octanol–water partition coefficient (Wildman–Crippen LogP) is 0.857. The van der Waals surface area contributed by atoms with Crippen molar-refractivity contribution < 1.29 is 9.59 Å². The number of imide groups is 1. The third-order valence-electron chi connectivity index (χ3n) is 0.925. The Bertz CT molecular complexity index is 206. The highest BCUT2D eigenvalue weighted by molar-refractivity contribution is 5.95. The van der Waals surface area contributed by atoms with E-state index in [1.54, 1.807) is 0 Å². The van der Waals surface area contributed by atoms with Crippen molar-refractivity contribution >= 4 is 12.3 Å². The average Bonchev–Trinajstić information content (AvgIpc) is 2.05. The van der Waals surface area contributed by atoms with Crippen molar-refractivity contribution in [1.29, 1.82) is 0 Å². The van der Waals surface area contributed by atoms with Crippen LogP contribution in [0.5, 0.6) is 0 Å². The Kier molecular flexibility index (Phi) is 4.40. The maximum atomic E-state index is 10.7. The number of hydrogen-bond acceptors (Lipinski definition) is 2. The molecule has 0 aliphatic heterocycles. The van der Waals surface area contributed by atoms with Crippen molar-refractivity contribution in [1.82, 2.24) is 4.90 Å². The van der Waals surface area contributed by atoms with Crippen molar-refractivity contribution in [3.05, 3.63) is 37.6 Å². The minimum atomic E-state index is -0.460. The molecule has 0 aromatic carbocycles. The quantitative estimate of drug-likeness (QED) is 0.339. The van der Waals surface area contributed by atoms with Gasteiger partial charge in [0.2, 0.25) is 6.41 Å². The lowest BCUT2D eigenvalue weighted by atomic mass is 10.5. The van der Waals surface area contributed by atoms with Crippen LogP contribution in [-0.4, -0.2) is 17.2 Å². The van der Waals surface area contributed by atoms with Crippen molar-refractivity contribution in [3.63, 3.8) is 0 Å². The molecule has 0 aromatic heterocycles. The first-order valence-electron chi connectivity index (χ1n) is 2.95. The molecule has 0 fully saturated rings. The average molecular weight is 151 g/mol. The Morgan fingerprint density at radius 2 is 2.00 bits per heavy atom. The molecule has 0 heterocycles. The molecule has 0 aliphatic carbocycles. The van der Waals surface area contributed by atoms with Gasteiger partial charge in [0.25, 0.3) is 5.91 Å². The van der Waals surface area contributed by atoms with Gasteiger partial charge in [0.05, 0.1) is 0 Å². The van der Waals surface area contributed by atoms with Crippen LogP contribution in [0.3, 0.4) is 0 Å². The molecule has 11 heavy (non-hydrogen) atoms. The highest BCUT2D eigenvalue weighted by atomic mass is 16.2. The van der Waals surface area contributed by atoms with Crippen LogP contribution in [-0.2, 0) is 9.59 Å². The summed E-state index contributed by atoms with van der Waals surface area (Å²) >= 11 is 0. The maximum Gasteiger partial charge on any atom is 0.256 e. The highest BCUT2D eigenvalue weighted by Gasteiger charge is 2.01. The van der Waals surface area contributed by atoms with Crippen molar-refractivity contribution in [2.24, 2.45) is 0 Å². The van der Waals surface area contributed by atoms with Gasteiger partial charge in [-0.25, -0.2) is 0 Å². The lowest BCUT2D eigenvalue weighted by Gasteiger charge is -2.04. The van der Waals surface area contributed by atoms with E-state index < -0.39 is 5.91 Å². The summed E-state index contributed by atoms with van der Waals surface area (Å²) in [7, 11) is 0. The number of allylic oxidation sites excluding steroid dienone is 2. The first-order chi connectivity index (χ1) is 5.26. The van der Waals surface area contributed by atoms with Crippen LogP contribution < -0.4 is 0 Å². The van der Waals surface area contributed by atoms with E-state index in [0.29, 0.717) is 6.41 Å². The van der Waals surface area contributed by atoms with Gasteiger partial charge in [0, 0.05) is 6.20 Å². The van der Waals surface area contributed by atoms with Gasteiger partial charge in [-0.05, 0) is 12.2 Å². The molecular formula is C8H9NO2. The Morgan fingerprint density at radius 3 is 2.36 bits per heavy atom. The zero-order valence-electron chi connectivity index (χ0n) is 6.06. The summed E-state index contributed by atoms with van der Waals surface area (Å²) in [4.78, 5) is 21.8. The second-order valence-electron chi connectivity index (χ2n) is 1.63. The second kappa shape index (κ2) is 5.17. The summed E-state index contributed by atoms with van der Waals surface area (Å²) in [6.07, 6.45) is 5.72. The molecule has 0 rings (SSSR count). The highest BCUT2D eigenvalue weighted by Crippen LogP contribution is 1.87. The predicted molar refractivity (Wildman–Crippen MR) is 42.4 cm³/mol. The molecule has 0 aromatic rings. The molecule has 0 unspecified atom stereocenters. The van der Waals surface area contributed by atoms with Gasteiger partial charge < -0.3 is 0 Å². The number of hydrogen-bond donors (Lipinski definition) is 0. The van der Waals surface area contributed by atoms with E-state index in [1.807, 2.05) is 0 Å². The standard InChI is InChI=1S/C8H9NO2/c1-3-5-6-9(7-10)8(11)4-2/h3-7H,1-2H2/b6-5-.